The number of fused-ring (bicyclic) bond motifs is 11. The number of para-hydroxylation sites is 3. The molecule has 1 aliphatic rings. The van der Waals surface area contributed by atoms with E-state index in [9.17, 15) is 0 Å². The molecule has 0 radical (unpaired) electrons. The number of aromatic nitrogens is 4. The molecule has 0 atom stereocenters. The molecule has 0 amide bonds. The Morgan fingerprint density at radius 3 is 1.94 bits per heavy atom. The van der Waals surface area contributed by atoms with Gasteiger partial charge in [0.2, 0.25) is 0 Å². The zero-order valence-electron chi connectivity index (χ0n) is 36.3. The first-order valence-electron chi connectivity index (χ1n) is 22.2. The fourth-order valence-corrected chi connectivity index (χ4v) is 15.5. The van der Waals surface area contributed by atoms with Crippen molar-refractivity contribution in [3.8, 4) is 5.69 Å². The normalized spacial score (nSPS) is 13.3. The number of rotatable bonds is 6. The van der Waals surface area contributed by atoms with Gasteiger partial charge in [-0.2, -0.15) is 23.4 Å². The fraction of sp³-hybridized carbons (Fsp3) is 0.0508. The maximum absolute atomic E-state index is 5.15. The number of anilines is 3. The van der Waals surface area contributed by atoms with Gasteiger partial charge in [-0.05, 0) is 75.4 Å². The Morgan fingerprint density at radius 1 is 0.485 bits per heavy atom. The van der Waals surface area contributed by atoms with Gasteiger partial charge in [0, 0.05) is 46.0 Å². The summed E-state index contributed by atoms with van der Waals surface area (Å²) in [5, 5.41) is 10.4. The van der Waals surface area contributed by atoms with Crippen LogP contribution in [0.3, 0.4) is 0 Å². The molecule has 0 aliphatic carbocycles. The second-order valence-corrected chi connectivity index (χ2v) is 21.4. The van der Waals surface area contributed by atoms with Crippen LogP contribution in [0.2, 0.25) is 0 Å². The van der Waals surface area contributed by atoms with Crippen LogP contribution >= 0.6 is 0 Å². The predicted molar refractivity (Wildman–Crippen MR) is 270 cm³/mol. The van der Waals surface area contributed by atoms with Crippen LogP contribution in [-0.2, 0) is 25.8 Å². The predicted octanol–water partition coefficient (Wildman–Crippen LogP) is 11.2. The SMILES string of the molecule is CC1(C)c2ccccc2N(c2ccccc2)c2cc3c(cc21)c1cccnc1n3-c1[c-]c([Si](c2[c-]c3c(cc2)c2ccccc2n2ccnc32)(c2ccccc2)c2ccccc2)ccc1.[Pd+2]. The Morgan fingerprint density at radius 2 is 1.15 bits per heavy atom. The van der Waals surface area contributed by atoms with Crippen molar-refractivity contribution in [1.82, 2.24) is 18.9 Å². The largest absolute Gasteiger partial charge is 2.00 e. The molecular weight excluding hydrogens is 913 g/mol. The molecule has 316 valence electrons. The number of hydrogen-bond donors (Lipinski definition) is 0. The van der Waals surface area contributed by atoms with Crippen molar-refractivity contribution < 1.29 is 20.4 Å². The molecule has 0 saturated carbocycles. The third-order valence-corrected chi connectivity index (χ3v) is 18.5. The first-order chi connectivity index (χ1) is 32.0. The second kappa shape index (κ2) is 15.4. The molecule has 13 rings (SSSR count). The van der Waals surface area contributed by atoms with Gasteiger partial charge < -0.3 is 13.9 Å². The smallest absolute Gasteiger partial charge is 0.340 e. The van der Waals surface area contributed by atoms with E-state index in [1.807, 2.05) is 12.4 Å². The molecule has 0 spiro atoms. The van der Waals surface area contributed by atoms with Crippen molar-refractivity contribution in [3.05, 3.63) is 236 Å². The minimum Gasteiger partial charge on any atom is -0.340 e. The number of nitrogens with zero attached hydrogens (tertiary/aromatic N) is 5. The maximum Gasteiger partial charge on any atom is 2.00 e. The fourth-order valence-electron chi connectivity index (χ4n) is 11.0. The average molecular weight is 955 g/mol. The van der Waals surface area contributed by atoms with Gasteiger partial charge in [0.15, 0.2) is 0 Å². The summed E-state index contributed by atoms with van der Waals surface area (Å²) >= 11 is 0. The summed E-state index contributed by atoms with van der Waals surface area (Å²) in [4.78, 5) is 12.5. The first kappa shape index (κ1) is 40.1. The van der Waals surface area contributed by atoms with Gasteiger partial charge in [-0.25, -0.2) is 4.98 Å². The van der Waals surface area contributed by atoms with Crippen LogP contribution in [0.5, 0.6) is 0 Å². The molecule has 0 N–H and O–H groups in total. The average Bonchev–Trinajstić information content (AvgIpc) is 3.99. The van der Waals surface area contributed by atoms with E-state index in [1.54, 1.807) is 0 Å². The van der Waals surface area contributed by atoms with Crippen LogP contribution in [0.4, 0.5) is 17.1 Å². The summed E-state index contributed by atoms with van der Waals surface area (Å²) in [7, 11) is -3.16. The zero-order valence-corrected chi connectivity index (χ0v) is 38.8. The van der Waals surface area contributed by atoms with E-state index in [0.29, 0.717) is 0 Å². The van der Waals surface area contributed by atoms with Gasteiger partial charge >= 0.3 is 20.4 Å². The van der Waals surface area contributed by atoms with Crippen LogP contribution in [0.25, 0.3) is 54.9 Å². The standard InChI is InChI=1S/C59H41N5Si.Pd/c1-59(2)51-28-13-15-30-54(51)63(40-18-6-3-7-19-40)56-39-55-49(38-52(56)59)48-27-17-33-60-58(48)64(55)41-20-16-25-44(36-41)65(42-21-8-4-9-22-42,43-23-10-5-11-24-43)45-31-32-46-47-26-12-14-29-53(47)62-35-34-61-57(62)50(46)37-45;/h3-35,38-39H,1-2H3;/q-2;+2. The van der Waals surface area contributed by atoms with Crippen LogP contribution < -0.4 is 25.6 Å². The van der Waals surface area contributed by atoms with Crippen molar-refractivity contribution >= 4 is 95.1 Å². The Kier molecular flexibility index (Phi) is 9.34. The van der Waals surface area contributed by atoms with Gasteiger partial charge in [-0.1, -0.05) is 140 Å². The van der Waals surface area contributed by atoms with Gasteiger partial charge in [0.1, 0.15) is 13.7 Å². The molecule has 0 bridgehead atoms. The molecule has 0 fully saturated rings. The summed E-state index contributed by atoms with van der Waals surface area (Å²) < 4.78 is 4.54. The van der Waals surface area contributed by atoms with E-state index >= 15 is 0 Å². The Bertz CT molecular complexity index is 3780. The van der Waals surface area contributed by atoms with E-state index in [2.05, 4.69) is 240 Å². The molecule has 1 aliphatic heterocycles. The van der Waals surface area contributed by atoms with Gasteiger partial charge in [0.05, 0.1) is 22.5 Å². The third-order valence-electron chi connectivity index (χ3n) is 13.9. The van der Waals surface area contributed by atoms with Crippen molar-refractivity contribution in [2.45, 2.75) is 19.3 Å². The Labute approximate surface area is 397 Å². The van der Waals surface area contributed by atoms with Crippen LogP contribution in [-0.4, -0.2) is 27.0 Å². The number of imidazole rings is 1. The summed E-state index contributed by atoms with van der Waals surface area (Å²) in [6, 6.07) is 79.0. The molecule has 0 saturated heterocycles. The summed E-state index contributed by atoms with van der Waals surface area (Å²) in [5.74, 6) is 0. The van der Waals surface area contributed by atoms with Crippen LogP contribution in [0, 0.1) is 12.1 Å². The molecule has 12 aromatic rings. The maximum atomic E-state index is 5.15. The van der Waals surface area contributed by atoms with Crippen molar-refractivity contribution in [2.75, 3.05) is 4.90 Å². The topological polar surface area (TPSA) is 38.4 Å². The molecular formula is C59H41N5PdSi. The number of pyridine rings is 2. The zero-order chi connectivity index (χ0) is 43.3. The minimum atomic E-state index is -3.16. The molecule has 8 aromatic carbocycles. The summed E-state index contributed by atoms with van der Waals surface area (Å²) in [6.07, 6.45) is 5.87. The van der Waals surface area contributed by atoms with Crippen molar-refractivity contribution in [3.63, 3.8) is 0 Å². The van der Waals surface area contributed by atoms with Crippen molar-refractivity contribution in [2.24, 2.45) is 0 Å². The van der Waals surface area contributed by atoms with Crippen LogP contribution in [0.1, 0.15) is 25.0 Å². The second-order valence-electron chi connectivity index (χ2n) is 17.6. The molecule has 66 heavy (non-hydrogen) atoms. The Balaban J connectivity index is 0.00000456. The molecule has 5 nitrogen and oxygen atoms in total. The third kappa shape index (κ3) is 5.74. The molecule has 5 heterocycles. The van der Waals surface area contributed by atoms with Crippen LogP contribution in [0.15, 0.2) is 213 Å². The minimum absolute atomic E-state index is 0. The quantitative estimate of drug-likeness (QED) is 0.0721. The molecule has 7 heteroatoms. The van der Waals surface area contributed by atoms with Crippen molar-refractivity contribution in [1.29, 1.82) is 0 Å². The monoisotopic (exact) mass is 953 g/mol. The number of benzene rings is 8. The van der Waals surface area contributed by atoms with Gasteiger partial charge in [-0.15, -0.1) is 34.8 Å². The van der Waals surface area contributed by atoms with E-state index in [-0.39, 0.29) is 25.8 Å². The van der Waals surface area contributed by atoms with E-state index in [4.69, 9.17) is 9.97 Å². The molecule has 0 unspecified atom stereocenters. The molecule has 4 aromatic heterocycles. The number of hydrogen-bond acceptors (Lipinski definition) is 3. The van der Waals surface area contributed by atoms with E-state index in [1.165, 1.54) is 38.0 Å². The van der Waals surface area contributed by atoms with Gasteiger partial charge in [0.25, 0.3) is 0 Å². The van der Waals surface area contributed by atoms with E-state index in [0.717, 1.165) is 65.9 Å². The Hall–Kier alpha value is -7.40. The summed E-state index contributed by atoms with van der Waals surface area (Å²) in [5.41, 5.74) is 10.8. The van der Waals surface area contributed by atoms with E-state index < -0.39 is 8.07 Å². The summed E-state index contributed by atoms with van der Waals surface area (Å²) in [6.45, 7) is 4.71. The van der Waals surface area contributed by atoms with Gasteiger partial charge in [-0.3, -0.25) is 4.98 Å². The first-order valence-corrected chi connectivity index (χ1v) is 24.2.